The second-order valence-corrected chi connectivity index (χ2v) is 4.79. The molecule has 1 saturated carbocycles. The SMILES string of the molecule is CCCN(c1nc(C)c(C)nc1Cl)C1CC1. The summed E-state index contributed by atoms with van der Waals surface area (Å²) in [6, 6.07) is 0.633. The summed E-state index contributed by atoms with van der Waals surface area (Å²) in [5, 5.41) is 0.545. The zero-order valence-corrected chi connectivity index (χ0v) is 10.9. The second kappa shape index (κ2) is 4.58. The molecule has 88 valence electrons. The van der Waals surface area contributed by atoms with Crippen LogP contribution >= 0.6 is 11.6 Å². The number of hydrogen-bond acceptors (Lipinski definition) is 3. The molecule has 0 N–H and O–H groups in total. The fourth-order valence-corrected chi connectivity index (χ4v) is 2.11. The van der Waals surface area contributed by atoms with E-state index >= 15 is 0 Å². The van der Waals surface area contributed by atoms with Crippen LogP contribution in [0.15, 0.2) is 0 Å². The summed E-state index contributed by atoms with van der Waals surface area (Å²) in [5.41, 5.74) is 1.89. The number of hydrogen-bond donors (Lipinski definition) is 0. The average Bonchev–Trinajstić information content (AvgIpc) is 3.04. The molecule has 1 aromatic heterocycles. The zero-order chi connectivity index (χ0) is 11.7. The van der Waals surface area contributed by atoms with Crippen molar-refractivity contribution in [2.75, 3.05) is 11.4 Å². The van der Waals surface area contributed by atoms with Crippen molar-refractivity contribution in [2.45, 2.75) is 46.1 Å². The molecule has 0 amide bonds. The summed E-state index contributed by atoms with van der Waals surface area (Å²) in [7, 11) is 0. The second-order valence-electron chi connectivity index (χ2n) is 4.43. The van der Waals surface area contributed by atoms with Gasteiger partial charge in [-0.1, -0.05) is 18.5 Å². The average molecular weight is 240 g/mol. The molecule has 0 unspecified atom stereocenters. The third kappa shape index (κ3) is 2.29. The number of aryl methyl sites for hydroxylation is 2. The fraction of sp³-hybridized carbons (Fsp3) is 0.667. The Hall–Kier alpha value is -0.830. The normalized spacial score (nSPS) is 15.2. The van der Waals surface area contributed by atoms with Gasteiger partial charge in [-0.15, -0.1) is 0 Å². The van der Waals surface area contributed by atoms with Crippen LogP contribution in [0.4, 0.5) is 5.82 Å². The lowest BCUT2D eigenvalue weighted by atomic mass is 10.3. The van der Waals surface area contributed by atoms with Crippen LogP contribution in [0, 0.1) is 13.8 Å². The summed E-state index contributed by atoms with van der Waals surface area (Å²) in [4.78, 5) is 11.2. The van der Waals surface area contributed by atoms with Gasteiger partial charge < -0.3 is 4.90 Å². The molecule has 0 aromatic carbocycles. The molecule has 0 saturated heterocycles. The van der Waals surface area contributed by atoms with Crippen molar-refractivity contribution in [3.63, 3.8) is 0 Å². The minimum Gasteiger partial charge on any atom is -0.351 e. The van der Waals surface area contributed by atoms with Crippen LogP contribution in [0.3, 0.4) is 0 Å². The van der Waals surface area contributed by atoms with Crippen LogP contribution in [-0.2, 0) is 0 Å². The molecule has 3 nitrogen and oxygen atoms in total. The van der Waals surface area contributed by atoms with E-state index in [1.165, 1.54) is 12.8 Å². The molecule has 0 atom stereocenters. The van der Waals surface area contributed by atoms with E-state index in [4.69, 9.17) is 11.6 Å². The molecule has 0 radical (unpaired) electrons. The minimum atomic E-state index is 0.545. The molecule has 4 heteroatoms. The third-order valence-corrected chi connectivity index (χ3v) is 3.23. The molecule has 0 bridgehead atoms. The Labute approximate surface area is 102 Å². The summed E-state index contributed by atoms with van der Waals surface area (Å²) in [6.07, 6.45) is 3.62. The maximum absolute atomic E-state index is 6.19. The van der Waals surface area contributed by atoms with E-state index in [1.54, 1.807) is 0 Å². The molecule has 16 heavy (non-hydrogen) atoms. The fourth-order valence-electron chi connectivity index (χ4n) is 1.84. The summed E-state index contributed by atoms with van der Waals surface area (Å²) in [6.45, 7) is 7.12. The molecular formula is C12H18ClN3. The van der Waals surface area contributed by atoms with Gasteiger partial charge in [0.2, 0.25) is 0 Å². The first-order chi connectivity index (χ1) is 7.63. The number of halogens is 1. The number of aromatic nitrogens is 2. The highest BCUT2D eigenvalue weighted by molar-refractivity contribution is 6.31. The van der Waals surface area contributed by atoms with Crippen LogP contribution < -0.4 is 4.90 Å². The summed E-state index contributed by atoms with van der Waals surface area (Å²) < 4.78 is 0. The van der Waals surface area contributed by atoms with Crippen molar-refractivity contribution in [3.05, 3.63) is 16.5 Å². The molecule has 0 spiro atoms. The van der Waals surface area contributed by atoms with Crippen molar-refractivity contribution in [1.82, 2.24) is 9.97 Å². The Morgan fingerprint density at radius 3 is 2.44 bits per heavy atom. The lowest BCUT2D eigenvalue weighted by Gasteiger charge is -2.24. The standard InChI is InChI=1S/C12H18ClN3/c1-4-7-16(10-5-6-10)12-11(13)14-8(2)9(3)15-12/h10H,4-7H2,1-3H3. The van der Waals surface area contributed by atoms with Crippen molar-refractivity contribution >= 4 is 17.4 Å². The Kier molecular flexibility index (Phi) is 3.33. The number of anilines is 1. The molecule has 1 aromatic rings. The monoisotopic (exact) mass is 239 g/mol. The molecule has 1 aliphatic carbocycles. The first kappa shape index (κ1) is 11.6. The molecule has 0 aliphatic heterocycles. The lowest BCUT2D eigenvalue weighted by Crippen LogP contribution is -2.28. The summed E-state index contributed by atoms with van der Waals surface area (Å²) >= 11 is 6.19. The Bertz CT molecular complexity index is 388. The highest BCUT2D eigenvalue weighted by Gasteiger charge is 2.31. The van der Waals surface area contributed by atoms with Gasteiger partial charge in [0.25, 0.3) is 0 Å². The number of rotatable bonds is 4. The smallest absolute Gasteiger partial charge is 0.171 e. The summed E-state index contributed by atoms with van der Waals surface area (Å²) in [5.74, 6) is 0.870. The molecule has 1 heterocycles. The van der Waals surface area contributed by atoms with Crippen LogP contribution in [0.2, 0.25) is 5.15 Å². The molecular weight excluding hydrogens is 222 g/mol. The predicted octanol–water partition coefficient (Wildman–Crippen LogP) is 3.13. The van der Waals surface area contributed by atoms with Gasteiger partial charge in [-0.05, 0) is 33.1 Å². The van der Waals surface area contributed by atoms with Gasteiger partial charge in [-0.25, -0.2) is 9.97 Å². The Morgan fingerprint density at radius 1 is 1.25 bits per heavy atom. The van der Waals surface area contributed by atoms with E-state index in [1.807, 2.05) is 13.8 Å². The maximum atomic E-state index is 6.19. The molecule has 1 fully saturated rings. The lowest BCUT2D eigenvalue weighted by molar-refractivity contribution is 0.744. The van der Waals surface area contributed by atoms with Gasteiger partial charge in [-0.3, -0.25) is 0 Å². The third-order valence-electron chi connectivity index (χ3n) is 2.97. The van der Waals surface area contributed by atoms with Crippen LogP contribution in [-0.4, -0.2) is 22.6 Å². The highest BCUT2D eigenvalue weighted by Crippen LogP contribution is 2.34. The van der Waals surface area contributed by atoms with Crippen molar-refractivity contribution in [2.24, 2.45) is 0 Å². The van der Waals surface area contributed by atoms with E-state index in [2.05, 4.69) is 21.8 Å². The minimum absolute atomic E-state index is 0.545. The van der Waals surface area contributed by atoms with Gasteiger partial charge >= 0.3 is 0 Å². The first-order valence-electron chi connectivity index (χ1n) is 5.91. The Balaban J connectivity index is 2.32. The van der Waals surface area contributed by atoms with Crippen molar-refractivity contribution in [3.8, 4) is 0 Å². The van der Waals surface area contributed by atoms with Crippen LogP contribution in [0.25, 0.3) is 0 Å². The van der Waals surface area contributed by atoms with E-state index in [-0.39, 0.29) is 0 Å². The van der Waals surface area contributed by atoms with Crippen molar-refractivity contribution < 1.29 is 0 Å². The van der Waals surface area contributed by atoms with Gasteiger partial charge in [0.15, 0.2) is 11.0 Å². The predicted molar refractivity (Wildman–Crippen MR) is 67.2 cm³/mol. The van der Waals surface area contributed by atoms with E-state index in [0.717, 1.165) is 30.2 Å². The van der Waals surface area contributed by atoms with Gasteiger partial charge in [-0.2, -0.15) is 0 Å². The maximum Gasteiger partial charge on any atom is 0.171 e. The van der Waals surface area contributed by atoms with Crippen molar-refractivity contribution in [1.29, 1.82) is 0 Å². The number of nitrogens with zero attached hydrogens (tertiary/aromatic N) is 3. The molecule has 2 rings (SSSR count). The van der Waals surface area contributed by atoms with Gasteiger partial charge in [0, 0.05) is 12.6 Å². The molecule has 1 aliphatic rings. The Morgan fingerprint density at radius 2 is 1.88 bits per heavy atom. The van der Waals surface area contributed by atoms with Gasteiger partial charge in [0.1, 0.15) is 0 Å². The highest BCUT2D eigenvalue weighted by atomic mass is 35.5. The van der Waals surface area contributed by atoms with Gasteiger partial charge in [0.05, 0.1) is 11.4 Å². The van der Waals surface area contributed by atoms with Crippen LogP contribution in [0.5, 0.6) is 0 Å². The van der Waals surface area contributed by atoms with E-state index < -0.39 is 0 Å². The van der Waals surface area contributed by atoms with E-state index in [0.29, 0.717) is 11.2 Å². The van der Waals surface area contributed by atoms with Crippen LogP contribution in [0.1, 0.15) is 37.6 Å². The largest absolute Gasteiger partial charge is 0.351 e. The topological polar surface area (TPSA) is 29.0 Å². The first-order valence-corrected chi connectivity index (χ1v) is 6.28. The zero-order valence-electron chi connectivity index (χ0n) is 10.1. The quantitative estimate of drug-likeness (QED) is 0.809. The van der Waals surface area contributed by atoms with E-state index in [9.17, 15) is 0 Å².